The van der Waals surface area contributed by atoms with Crippen molar-refractivity contribution in [2.45, 2.75) is 4.90 Å². The minimum atomic E-state index is -4.02. The largest absolute Gasteiger partial charge is 0.495 e. The Morgan fingerprint density at radius 1 is 1.00 bits per heavy atom. The molecule has 0 unspecified atom stereocenters. The number of nitrogens with zero attached hydrogens (tertiary/aromatic N) is 1. The van der Waals surface area contributed by atoms with E-state index in [2.05, 4.69) is 10.0 Å². The van der Waals surface area contributed by atoms with Gasteiger partial charge in [0.1, 0.15) is 10.6 Å². The summed E-state index contributed by atoms with van der Waals surface area (Å²) in [7, 11) is -2.54. The van der Waals surface area contributed by atoms with Crippen LogP contribution in [0.1, 0.15) is 5.56 Å². The fourth-order valence-corrected chi connectivity index (χ4v) is 5.04. The van der Waals surface area contributed by atoms with Gasteiger partial charge in [0.25, 0.3) is 10.0 Å². The molecule has 0 saturated carbocycles. The molecule has 4 rings (SSSR count). The smallest absolute Gasteiger partial charge is 0.264 e. The summed E-state index contributed by atoms with van der Waals surface area (Å²) in [5.74, 6) is 0.0357. The number of hydrogen-bond donors (Lipinski definition) is 2. The van der Waals surface area contributed by atoms with E-state index in [9.17, 15) is 13.2 Å². The van der Waals surface area contributed by atoms with Gasteiger partial charge in [-0.2, -0.15) is 0 Å². The molecule has 0 radical (unpaired) electrons. The van der Waals surface area contributed by atoms with E-state index in [1.807, 2.05) is 35.2 Å². The maximum absolute atomic E-state index is 13.5. The van der Waals surface area contributed by atoms with E-state index >= 15 is 0 Å². The number of ether oxygens (including phenoxy) is 2. The normalized spacial score (nSPS) is 14.0. The van der Waals surface area contributed by atoms with E-state index in [1.165, 1.54) is 19.3 Å². The Balaban J connectivity index is 1.64. The van der Waals surface area contributed by atoms with E-state index in [1.54, 1.807) is 42.5 Å². The van der Waals surface area contributed by atoms with Crippen LogP contribution >= 0.6 is 0 Å². The molecule has 0 atom stereocenters. The number of carbonyl (C=O) groups is 1. The Bertz CT molecular complexity index is 1300. The average Bonchev–Trinajstić information content (AvgIpc) is 2.89. The van der Waals surface area contributed by atoms with Crippen LogP contribution in [0.2, 0.25) is 0 Å². The lowest BCUT2D eigenvalue weighted by Gasteiger charge is -2.30. The van der Waals surface area contributed by atoms with Crippen molar-refractivity contribution in [1.29, 1.82) is 0 Å². The molecular weight excluding hydrogens is 466 g/mol. The van der Waals surface area contributed by atoms with E-state index in [-0.39, 0.29) is 10.8 Å². The third-order valence-corrected chi connectivity index (χ3v) is 6.84. The van der Waals surface area contributed by atoms with Crippen LogP contribution in [0.25, 0.3) is 6.08 Å². The second-order valence-corrected chi connectivity index (χ2v) is 9.47. The molecule has 1 aliphatic heterocycles. The van der Waals surface area contributed by atoms with Crippen LogP contribution in [0.3, 0.4) is 0 Å². The van der Waals surface area contributed by atoms with Crippen molar-refractivity contribution >= 4 is 39.1 Å². The summed E-state index contributed by atoms with van der Waals surface area (Å²) < 4.78 is 40.4. The predicted molar refractivity (Wildman–Crippen MR) is 137 cm³/mol. The Hall–Kier alpha value is -3.82. The second-order valence-electron chi connectivity index (χ2n) is 7.82. The van der Waals surface area contributed by atoms with Gasteiger partial charge in [-0.05, 0) is 42.0 Å². The Morgan fingerprint density at radius 3 is 2.46 bits per heavy atom. The molecule has 1 aliphatic rings. The minimum absolute atomic E-state index is 0.0511. The number of rotatable bonds is 8. The number of methoxy groups -OCH3 is 1. The highest BCUT2D eigenvalue weighted by atomic mass is 32.2. The summed E-state index contributed by atoms with van der Waals surface area (Å²) in [5, 5.41) is 2.76. The quantitative estimate of drug-likeness (QED) is 0.461. The van der Waals surface area contributed by atoms with Crippen molar-refractivity contribution in [3.05, 3.63) is 84.4 Å². The molecule has 9 heteroatoms. The van der Waals surface area contributed by atoms with Gasteiger partial charge in [-0.15, -0.1) is 0 Å². The number of sulfonamides is 1. The summed E-state index contributed by atoms with van der Waals surface area (Å²) in [6, 6.07) is 21.1. The second kappa shape index (κ2) is 11.1. The number of amides is 1. The van der Waals surface area contributed by atoms with Crippen LogP contribution in [0.15, 0.2) is 83.8 Å². The Kier molecular flexibility index (Phi) is 7.69. The zero-order valence-corrected chi connectivity index (χ0v) is 20.1. The van der Waals surface area contributed by atoms with Gasteiger partial charge in [-0.1, -0.05) is 42.5 Å². The molecule has 2 N–H and O–H groups in total. The number of anilines is 3. The van der Waals surface area contributed by atoms with E-state index in [4.69, 9.17) is 9.47 Å². The maximum Gasteiger partial charge on any atom is 0.264 e. The summed E-state index contributed by atoms with van der Waals surface area (Å²) in [5.41, 5.74) is 2.11. The molecule has 1 saturated heterocycles. The number of para-hydroxylation sites is 2. The average molecular weight is 494 g/mol. The van der Waals surface area contributed by atoms with Gasteiger partial charge in [0.15, 0.2) is 0 Å². The summed E-state index contributed by atoms with van der Waals surface area (Å²) in [6.45, 7) is 2.12. The topological polar surface area (TPSA) is 97.0 Å². The highest BCUT2D eigenvalue weighted by molar-refractivity contribution is 7.93. The highest BCUT2D eigenvalue weighted by Gasteiger charge is 2.25. The molecule has 1 fully saturated rings. The zero-order valence-electron chi connectivity index (χ0n) is 19.3. The first-order chi connectivity index (χ1) is 17.0. The van der Waals surface area contributed by atoms with Crippen molar-refractivity contribution in [2.24, 2.45) is 0 Å². The number of nitrogens with one attached hydrogen (secondary N) is 2. The Morgan fingerprint density at radius 2 is 1.71 bits per heavy atom. The van der Waals surface area contributed by atoms with Crippen LogP contribution in [-0.2, 0) is 19.6 Å². The van der Waals surface area contributed by atoms with Crippen molar-refractivity contribution in [2.75, 3.05) is 48.4 Å². The van der Waals surface area contributed by atoms with Gasteiger partial charge < -0.3 is 19.7 Å². The third kappa shape index (κ3) is 6.20. The summed E-state index contributed by atoms with van der Waals surface area (Å²) in [4.78, 5) is 14.5. The lowest BCUT2D eigenvalue weighted by atomic mass is 10.2. The molecule has 0 bridgehead atoms. The molecule has 182 valence electrons. The molecule has 0 aliphatic carbocycles. The lowest BCUT2D eigenvalue weighted by molar-refractivity contribution is -0.111. The van der Waals surface area contributed by atoms with Gasteiger partial charge in [-0.25, -0.2) is 8.42 Å². The van der Waals surface area contributed by atoms with Gasteiger partial charge in [0.05, 0.1) is 31.7 Å². The van der Waals surface area contributed by atoms with Crippen LogP contribution < -0.4 is 19.7 Å². The monoisotopic (exact) mass is 493 g/mol. The zero-order chi connectivity index (χ0) is 24.7. The maximum atomic E-state index is 13.5. The van der Waals surface area contributed by atoms with E-state index < -0.39 is 10.0 Å². The molecule has 0 aromatic heterocycles. The first-order valence-electron chi connectivity index (χ1n) is 11.1. The fourth-order valence-electron chi connectivity index (χ4n) is 3.72. The highest BCUT2D eigenvalue weighted by Crippen LogP contribution is 2.33. The predicted octanol–water partition coefficient (Wildman–Crippen LogP) is 3.98. The molecule has 35 heavy (non-hydrogen) atoms. The third-order valence-electron chi connectivity index (χ3n) is 5.45. The van der Waals surface area contributed by atoms with Crippen LogP contribution in [0, 0.1) is 0 Å². The van der Waals surface area contributed by atoms with Gasteiger partial charge in [0.2, 0.25) is 5.91 Å². The SMILES string of the molecule is COc1ccccc1NS(=O)(=O)c1cc(NC(=O)C=Cc2ccccc2)ccc1N1CCOCC1. The molecule has 3 aromatic rings. The molecule has 0 spiro atoms. The van der Waals surface area contributed by atoms with Crippen LogP contribution in [0.5, 0.6) is 5.75 Å². The summed E-state index contributed by atoms with van der Waals surface area (Å²) >= 11 is 0. The van der Waals surface area contributed by atoms with Crippen molar-refractivity contribution in [3.8, 4) is 5.75 Å². The Labute approximate surface area is 205 Å². The summed E-state index contributed by atoms with van der Waals surface area (Å²) in [6.07, 6.45) is 3.10. The standard InChI is InChI=1S/C26H27N3O5S/c1-33-24-10-6-5-9-22(24)28-35(31,32)25-19-21(12-13-23(25)29-15-17-34-18-16-29)27-26(30)14-11-20-7-3-2-4-8-20/h2-14,19,28H,15-18H2,1H3,(H,27,30). The molecule has 3 aromatic carbocycles. The van der Waals surface area contributed by atoms with Gasteiger partial charge >= 0.3 is 0 Å². The number of benzene rings is 3. The van der Waals surface area contributed by atoms with E-state index in [0.717, 1.165) is 5.56 Å². The van der Waals surface area contributed by atoms with Crippen LogP contribution in [-0.4, -0.2) is 47.7 Å². The molecular formula is C26H27N3O5S. The molecule has 8 nitrogen and oxygen atoms in total. The minimum Gasteiger partial charge on any atom is -0.495 e. The molecule has 1 amide bonds. The van der Waals surface area contributed by atoms with Crippen molar-refractivity contribution in [1.82, 2.24) is 0 Å². The number of morpholine rings is 1. The fraction of sp³-hybridized carbons (Fsp3) is 0.192. The number of carbonyl (C=O) groups excluding carboxylic acids is 1. The van der Waals surface area contributed by atoms with Crippen molar-refractivity contribution in [3.63, 3.8) is 0 Å². The van der Waals surface area contributed by atoms with Crippen molar-refractivity contribution < 1.29 is 22.7 Å². The molecule has 1 heterocycles. The first-order valence-corrected chi connectivity index (χ1v) is 12.6. The van der Waals surface area contributed by atoms with Crippen LogP contribution in [0.4, 0.5) is 17.1 Å². The van der Waals surface area contributed by atoms with E-state index in [0.29, 0.717) is 49.1 Å². The lowest BCUT2D eigenvalue weighted by Crippen LogP contribution is -2.37. The van der Waals surface area contributed by atoms with Gasteiger partial charge in [0, 0.05) is 24.9 Å². The first kappa shape index (κ1) is 24.3. The van der Waals surface area contributed by atoms with Gasteiger partial charge in [-0.3, -0.25) is 9.52 Å². The number of hydrogen-bond acceptors (Lipinski definition) is 6.